The topological polar surface area (TPSA) is 62.6 Å². The van der Waals surface area contributed by atoms with E-state index in [1.807, 2.05) is 61.5 Å². The first-order valence-electron chi connectivity index (χ1n) is 11.4. The Balaban J connectivity index is 1.51. The smallest absolute Gasteiger partial charge is 0.267 e. The highest BCUT2D eigenvalue weighted by molar-refractivity contribution is 5.98. The molecule has 0 saturated carbocycles. The number of alkyl halides is 2. The van der Waals surface area contributed by atoms with Crippen LogP contribution >= 0.6 is 0 Å². The van der Waals surface area contributed by atoms with E-state index in [0.717, 1.165) is 38.8 Å². The van der Waals surface area contributed by atoms with E-state index in [1.165, 1.54) is 4.90 Å². The molecule has 1 aliphatic heterocycles. The summed E-state index contributed by atoms with van der Waals surface area (Å²) < 4.78 is 33.1. The summed E-state index contributed by atoms with van der Waals surface area (Å²) in [5.41, 5.74) is 5.97. The Hall–Kier alpha value is -4.00. The van der Waals surface area contributed by atoms with Gasteiger partial charge in [-0.1, -0.05) is 42.0 Å². The third-order valence-electron chi connectivity index (χ3n) is 6.31. The van der Waals surface area contributed by atoms with Gasteiger partial charge in [0.15, 0.2) is 0 Å². The lowest BCUT2D eigenvalue weighted by Crippen LogP contribution is -2.31. The van der Waals surface area contributed by atoms with Gasteiger partial charge in [0.05, 0.1) is 13.1 Å². The number of nitrogens with zero attached hydrogens (tertiary/aromatic N) is 1. The summed E-state index contributed by atoms with van der Waals surface area (Å²) >= 11 is 0. The predicted molar refractivity (Wildman–Crippen MR) is 130 cm³/mol. The molecular formula is C28H24F2N2O3. The number of carbonyl (C=O) groups is 2. The van der Waals surface area contributed by atoms with E-state index in [1.54, 1.807) is 12.1 Å². The Morgan fingerprint density at radius 3 is 2.40 bits per heavy atom. The fraction of sp³-hybridized carbons (Fsp3) is 0.214. The van der Waals surface area contributed by atoms with Crippen LogP contribution in [0.3, 0.4) is 0 Å². The Kier molecular flexibility index (Phi) is 5.84. The summed E-state index contributed by atoms with van der Waals surface area (Å²) in [6.07, 6.45) is 0.333. The Labute approximate surface area is 201 Å². The third-order valence-corrected chi connectivity index (χ3v) is 6.31. The van der Waals surface area contributed by atoms with Gasteiger partial charge in [0.1, 0.15) is 11.3 Å². The van der Waals surface area contributed by atoms with Crippen molar-refractivity contribution in [2.45, 2.75) is 25.8 Å². The molecule has 178 valence electrons. The van der Waals surface area contributed by atoms with Gasteiger partial charge in [-0.2, -0.15) is 0 Å². The zero-order valence-corrected chi connectivity index (χ0v) is 19.2. The van der Waals surface area contributed by atoms with Crippen LogP contribution in [-0.4, -0.2) is 36.2 Å². The van der Waals surface area contributed by atoms with E-state index in [0.29, 0.717) is 17.7 Å². The normalized spacial score (nSPS) is 14.9. The number of rotatable bonds is 6. The largest absolute Gasteiger partial charge is 0.459 e. The molecule has 3 aromatic carbocycles. The highest BCUT2D eigenvalue weighted by Crippen LogP contribution is 2.36. The lowest BCUT2D eigenvalue weighted by Gasteiger charge is -2.16. The molecule has 5 rings (SSSR count). The van der Waals surface area contributed by atoms with Crippen molar-refractivity contribution in [3.63, 3.8) is 0 Å². The average Bonchev–Trinajstić information content (AvgIpc) is 3.44. The van der Waals surface area contributed by atoms with Crippen LogP contribution in [-0.2, 0) is 11.3 Å². The zero-order chi connectivity index (χ0) is 24.6. The van der Waals surface area contributed by atoms with Gasteiger partial charge in [0.2, 0.25) is 6.41 Å². The number of benzene rings is 3. The number of hydrogen-bond donors (Lipinski definition) is 1. The van der Waals surface area contributed by atoms with E-state index in [-0.39, 0.29) is 25.4 Å². The third kappa shape index (κ3) is 4.67. The van der Waals surface area contributed by atoms with Crippen molar-refractivity contribution < 1.29 is 22.8 Å². The molecule has 0 atom stereocenters. The van der Waals surface area contributed by atoms with E-state index < -0.39 is 12.5 Å². The molecular weight excluding hydrogens is 450 g/mol. The number of amides is 2. The number of hydrogen-bond acceptors (Lipinski definition) is 3. The molecule has 2 heterocycles. The van der Waals surface area contributed by atoms with Gasteiger partial charge < -0.3 is 14.6 Å². The van der Waals surface area contributed by atoms with Gasteiger partial charge in [-0.15, -0.1) is 0 Å². The van der Waals surface area contributed by atoms with Crippen molar-refractivity contribution in [1.82, 2.24) is 10.2 Å². The number of carbonyl (C=O) groups excluding carboxylic acids is 2. The van der Waals surface area contributed by atoms with Gasteiger partial charge in [0.25, 0.3) is 11.8 Å². The first-order valence-corrected chi connectivity index (χ1v) is 11.4. The summed E-state index contributed by atoms with van der Waals surface area (Å²) in [5, 5.41) is 3.52. The minimum absolute atomic E-state index is 0.0615. The maximum absolute atomic E-state index is 13.5. The molecule has 7 heteroatoms. The van der Waals surface area contributed by atoms with E-state index in [2.05, 4.69) is 5.32 Å². The molecule has 0 unspecified atom stereocenters. The number of likely N-dealkylation sites (tertiary alicyclic amines) is 1. The van der Waals surface area contributed by atoms with Gasteiger partial charge in [-0.3, -0.25) is 9.59 Å². The molecule has 0 spiro atoms. The molecule has 0 bridgehead atoms. The molecule has 35 heavy (non-hydrogen) atoms. The Morgan fingerprint density at radius 1 is 1.03 bits per heavy atom. The van der Waals surface area contributed by atoms with Crippen LogP contribution in [0.4, 0.5) is 8.78 Å². The summed E-state index contributed by atoms with van der Waals surface area (Å²) in [7, 11) is 0. The fourth-order valence-electron chi connectivity index (χ4n) is 4.45. The van der Waals surface area contributed by atoms with Crippen LogP contribution in [0.1, 0.15) is 28.1 Å². The Morgan fingerprint density at radius 2 is 1.74 bits per heavy atom. The molecule has 1 aliphatic rings. The summed E-state index contributed by atoms with van der Waals surface area (Å²) in [5.74, 6) is -2.56. The number of nitrogens with one attached hydrogen (secondary N) is 1. The molecule has 1 fully saturated rings. The molecule has 1 saturated heterocycles. The van der Waals surface area contributed by atoms with Crippen molar-refractivity contribution >= 4 is 23.3 Å². The highest BCUT2D eigenvalue weighted by Gasteiger charge is 2.40. The van der Waals surface area contributed by atoms with Crippen molar-refractivity contribution in [3.8, 4) is 22.3 Å². The molecule has 1 aromatic heterocycles. The van der Waals surface area contributed by atoms with Crippen molar-refractivity contribution in [2.75, 3.05) is 13.1 Å². The van der Waals surface area contributed by atoms with E-state index in [9.17, 15) is 18.4 Å². The van der Waals surface area contributed by atoms with Crippen molar-refractivity contribution in [3.05, 3.63) is 83.6 Å². The summed E-state index contributed by atoms with van der Waals surface area (Å²) in [6.45, 7) is 1.84. The lowest BCUT2D eigenvalue weighted by atomic mass is 9.95. The molecule has 0 aliphatic carbocycles. The van der Waals surface area contributed by atoms with Crippen LogP contribution in [0.25, 0.3) is 33.2 Å². The Bertz CT molecular complexity index is 1390. The molecule has 2 amide bonds. The minimum Gasteiger partial charge on any atom is -0.459 e. The van der Waals surface area contributed by atoms with Crippen LogP contribution in [0.5, 0.6) is 0 Å². The second kappa shape index (κ2) is 8.98. The van der Waals surface area contributed by atoms with Crippen molar-refractivity contribution in [1.29, 1.82) is 0 Å². The SMILES string of the molecule is Cc1ccc(-c2cc(-c3ccc(C(=O)N4CCC(F)(F)C4)cc3)cc3cc(CNC=O)oc23)cc1. The number of aryl methyl sites for hydroxylation is 1. The molecule has 1 N–H and O–H groups in total. The minimum atomic E-state index is -2.82. The molecule has 5 nitrogen and oxygen atoms in total. The standard InChI is InChI=1S/C28H24F2N2O3/c1-18-2-4-20(5-3-18)25-14-22(12-23-13-24(15-31-17-33)35-26(23)25)19-6-8-21(9-7-19)27(34)32-11-10-28(29,30)16-32/h2-9,12-14,17H,10-11,15-16H2,1H3,(H,31,33). The maximum atomic E-state index is 13.5. The fourth-order valence-corrected chi connectivity index (χ4v) is 4.45. The van der Waals surface area contributed by atoms with E-state index >= 15 is 0 Å². The average molecular weight is 475 g/mol. The number of halogens is 2. The summed E-state index contributed by atoms with van der Waals surface area (Å²) in [6, 6.07) is 21.1. The first kappa shape index (κ1) is 22.8. The molecule has 0 radical (unpaired) electrons. The van der Waals surface area contributed by atoms with E-state index in [4.69, 9.17) is 4.42 Å². The zero-order valence-electron chi connectivity index (χ0n) is 19.2. The number of fused-ring (bicyclic) bond motifs is 1. The number of furan rings is 1. The van der Waals surface area contributed by atoms with Gasteiger partial charge >= 0.3 is 0 Å². The van der Waals surface area contributed by atoms with Crippen LogP contribution in [0.2, 0.25) is 0 Å². The monoisotopic (exact) mass is 474 g/mol. The summed E-state index contributed by atoms with van der Waals surface area (Å²) in [4.78, 5) is 24.6. The van der Waals surface area contributed by atoms with Crippen LogP contribution in [0, 0.1) is 6.92 Å². The second-order valence-electron chi connectivity index (χ2n) is 8.93. The predicted octanol–water partition coefficient (Wildman–Crippen LogP) is 5.80. The second-order valence-corrected chi connectivity index (χ2v) is 8.93. The van der Waals surface area contributed by atoms with Crippen LogP contribution in [0.15, 0.2) is 71.1 Å². The maximum Gasteiger partial charge on any atom is 0.267 e. The van der Waals surface area contributed by atoms with Gasteiger partial charge in [-0.25, -0.2) is 8.78 Å². The van der Waals surface area contributed by atoms with Crippen LogP contribution < -0.4 is 5.32 Å². The van der Waals surface area contributed by atoms with Crippen molar-refractivity contribution in [2.24, 2.45) is 0 Å². The molecule has 4 aromatic rings. The quantitative estimate of drug-likeness (QED) is 0.359. The first-order chi connectivity index (χ1) is 16.8. The van der Waals surface area contributed by atoms with Gasteiger partial charge in [-0.05, 0) is 53.9 Å². The highest BCUT2D eigenvalue weighted by atomic mass is 19.3. The lowest BCUT2D eigenvalue weighted by molar-refractivity contribution is -0.109. The van der Waals surface area contributed by atoms with Gasteiger partial charge in [0, 0.05) is 29.5 Å².